The minimum atomic E-state index is -0.477. The van der Waals surface area contributed by atoms with E-state index in [4.69, 9.17) is 16.3 Å². The Hall–Kier alpha value is -2.59. The highest BCUT2D eigenvalue weighted by Crippen LogP contribution is 2.44. The van der Waals surface area contributed by atoms with E-state index in [0.717, 1.165) is 22.4 Å². The summed E-state index contributed by atoms with van der Waals surface area (Å²) in [4.78, 5) is 27.2. The average molecular weight is 368 g/mol. The molecule has 4 nitrogen and oxygen atoms in total. The maximum Gasteiger partial charge on any atom is 0.339 e. The van der Waals surface area contributed by atoms with Gasteiger partial charge in [0, 0.05) is 24.1 Å². The van der Waals surface area contributed by atoms with Crippen LogP contribution in [0.3, 0.4) is 0 Å². The van der Waals surface area contributed by atoms with Gasteiger partial charge in [-0.15, -0.1) is 11.6 Å². The highest BCUT2D eigenvalue weighted by atomic mass is 35.5. The van der Waals surface area contributed by atoms with Crippen molar-refractivity contribution in [2.75, 3.05) is 17.8 Å². The first kappa shape index (κ1) is 16.9. The highest BCUT2D eigenvalue weighted by Gasteiger charge is 2.39. The van der Waals surface area contributed by atoms with Gasteiger partial charge in [0.25, 0.3) is 5.91 Å². The predicted octanol–water partition coefficient (Wildman–Crippen LogP) is 4.13. The Bertz CT molecular complexity index is 934. The topological polar surface area (TPSA) is 46.6 Å². The fourth-order valence-corrected chi connectivity index (χ4v) is 3.87. The molecule has 2 aliphatic rings. The number of hydrogen-bond acceptors (Lipinski definition) is 3. The van der Waals surface area contributed by atoms with Gasteiger partial charge < -0.3 is 9.64 Å². The van der Waals surface area contributed by atoms with E-state index in [2.05, 4.69) is 0 Å². The first-order valence-electron chi connectivity index (χ1n) is 8.61. The standard InChI is InChI=1S/C21H18ClNO3/c1-23-16-10-5-4-9-15(16)19(20(23)24)18-13-7-2-3-8-14(13)21(25)26-17(18)11-6-12-22/h2-5,7-10,17H,6,11-12H2,1H3/b19-18+. The zero-order valence-corrected chi connectivity index (χ0v) is 15.1. The van der Waals surface area contributed by atoms with Gasteiger partial charge in [-0.25, -0.2) is 4.79 Å². The molecule has 2 aromatic carbocycles. The van der Waals surface area contributed by atoms with Crippen LogP contribution in [0.2, 0.25) is 0 Å². The number of para-hydroxylation sites is 1. The molecule has 132 valence electrons. The summed E-state index contributed by atoms with van der Waals surface area (Å²) < 4.78 is 5.71. The molecule has 1 atom stereocenters. The van der Waals surface area contributed by atoms with Crippen LogP contribution >= 0.6 is 11.6 Å². The number of hydrogen-bond donors (Lipinski definition) is 0. The Morgan fingerprint density at radius 2 is 1.65 bits per heavy atom. The van der Waals surface area contributed by atoms with Crippen LogP contribution in [-0.2, 0) is 9.53 Å². The van der Waals surface area contributed by atoms with Gasteiger partial charge in [0.2, 0.25) is 0 Å². The third-order valence-electron chi connectivity index (χ3n) is 4.93. The molecule has 2 heterocycles. The van der Waals surface area contributed by atoms with Crippen LogP contribution in [0.5, 0.6) is 0 Å². The number of benzene rings is 2. The number of fused-ring (bicyclic) bond motifs is 2. The van der Waals surface area contributed by atoms with Gasteiger partial charge in [-0.2, -0.15) is 0 Å². The molecule has 0 saturated carbocycles. The van der Waals surface area contributed by atoms with Crippen LogP contribution in [0.25, 0.3) is 11.1 Å². The molecular weight excluding hydrogens is 350 g/mol. The fraction of sp³-hybridized carbons (Fsp3) is 0.238. The summed E-state index contributed by atoms with van der Waals surface area (Å²) in [5, 5.41) is 0. The van der Waals surface area contributed by atoms with Gasteiger partial charge in [0.15, 0.2) is 0 Å². The number of halogens is 1. The molecule has 5 heteroatoms. The molecule has 0 aromatic heterocycles. The van der Waals surface area contributed by atoms with Crippen LogP contribution in [0, 0.1) is 0 Å². The third kappa shape index (κ3) is 2.53. The summed E-state index contributed by atoms with van der Waals surface area (Å²) in [5.41, 5.74) is 4.41. The van der Waals surface area contributed by atoms with E-state index in [9.17, 15) is 9.59 Å². The van der Waals surface area contributed by atoms with Crippen molar-refractivity contribution in [1.29, 1.82) is 0 Å². The number of esters is 1. The first-order chi connectivity index (χ1) is 12.6. The van der Waals surface area contributed by atoms with Gasteiger partial charge >= 0.3 is 5.97 Å². The molecule has 0 bridgehead atoms. The van der Waals surface area contributed by atoms with E-state index in [0.29, 0.717) is 29.9 Å². The summed E-state index contributed by atoms with van der Waals surface area (Å²) in [5.74, 6) is 0.0457. The van der Waals surface area contributed by atoms with Crippen molar-refractivity contribution < 1.29 is 14.3 Å². The van der Waals surface area contributed by atoms with Gasteiger partial charge in [-0.3, -0.25) is 4.79 Å². The largest absolute Gasteiger partial charge is 0.454 e. The van der Waals surface area contributed by atoms with Crippen molar-refractivity contribution in [3.05, 3.63) is 65.2 Å². The van der Waals surface area contributed by atoms with Gasteiger partial charge in [0.1, 0.15) is 6.10 Å². The van der Waals surface area contributed by atoms with Crippen molar-refractivity contribution in [1.82, 2.24) is 0 Å². The molecule has 2 aliphatic heterocycles. The van der Waals surface area contributed by atoms with E-state index >= 15 is 0 Å². The zero-order valence-electron chi connectivity index (χ0n) is 14.4. The second-order valence-corrected chi connectivity index (χ2v) is 6.82. The summed E-state index contributed by atoms with van der Waals surface area (Å²) in [6, 6.07) is 15.0. The molecule has 0 aliphatic carbocycles. The Morgan fingerprint density at radius 1 is 1.00 bits per heavy atom. The molecule has 4 rings (SSSR count). The average Bonchev–Trinajstić information content (AvgIpc) is 2.92. The molecule has 1 amide bonds. The van der Waals surface area contributed by atoms with E-state index in [1.54, 1.807) is 24.1 Å². The SMILES string of the molecule is CN1C(=O)/C(=C2\c3ccccc3C(=O)OC2CCCCl)c2ccccc21. The van der Waals surface area contributed by atoms with E-state index < -0.39 is 6.10 Å². The zero-order chi connectivity index (χ0) is 18.3. The Morgan fingerprint density at radius 3 is 2.38 bits per heavy atom. The Balaban J connectivity index is 1.99. The number of carbonyl (C=O) groups excluding carboxylic acids is 2. The Kier molecular flexibility index (Phi) is 4.29. The summed E-state index contributed by atoms with van der Waals surface area (Å²) >= 11 is 5.87. The van der Waals surface area contributed by atoms with Crippen molar-refractivity contribution in [3.63, 3.8) is 0 Å². The molecule has 0 fully saturated rings. The normalized spacial score (nSPS) is 21.5. The van der Waals surface area contributed by atoms with Crippen molar-refractivity contribution in [2.24, 2.45) is 0 Å². The summed E-state index contributed by atoms with van der Waals surface area (Å²) in [6.07, 6.45) is 0.806. The van der Waals surface area contributed by atoms with Gasteiger partial charge in [0.05, 0.1) is 16.8 Å². The van der Waals surface area contributed by atoms with Crippen LogP contribution in [0.1, 0.15) is 34.3 Å². The molecule has 0 radical (unpaired) electrons. The molecule has 2 aromatic rings. The van der Waals surface area contributed by atoms with Crippen LogP contribution in [-0.4, -0.2) is 30.9 Å². The number of nitrogens with zero attached hydrogens (tertiary/aromatic N) is 1. The number of anilines is 1. The van der Waals surface area contributed by atoms with Gasteiger partial charge in [-0.1, -0.05) is 36.4 Å². The number of ether oxygens (including phenoxy) is 1. The van der Waals surface area contributed by atoms with Gasteiger partial charge in [-0.05, 0) is 30.5 Å². The Labute approximate surface area is 157 Å². The third-order valence-corrected chi connectivity index (χ3v) is 5.20. The maximum atomic E-state index is 13.1. The van der Waals surface area contributed by atoms with Crippen LogP contribution in [0.15, 0.2) is 48.5 Å². The number of carbonyl (C=O) groups is 2. The van der Waals surface area contributed by atoms with Crippen molar-refractivity contribution in [2.45, 2.75) is 18.9 Å². The second-order valence-electron chi connectivity index (χ2n) is 6.44. The fourth-order valence-electron chi connectivity index (χ4n) is 3.71. The number of rotatable bonds is 3. The van der Waals surface area contributed by atoms with Crippen molar-refractivity contribution in [3.8, 4) is 0 Å². The number of amides is 1. The predicted molar refractivity (Wildman–Crippen MR) is 102 cm³/mol. The smallest absolute Gasteiger partial charge is 0.339 e. The molecule has 0 N–H and O–H groups in total. The molecule has 26 heavy (non-hydrogen) atoms. The lowest BCUT2D eigenvalue weighted by Gasteiger charge is -2.29. The number of likely N-dealkylation sites (N-methyl/N-ethyl adjacent to an activating group) is 1. The molecule has 0 spiro atoms. The van der Waals surface area contributed by atoms with Crippen LogP contribution in [0.4, 0.5) is 5.69 Å². The second kappa shape index (κ2) is 6.61. The van der Waals surface area contributed by atoms with E-state index in [1.807, 2.05) is 36.4 Å². The number of cyclic esters (lactones) is 1. The van der Waals surface area contributed by atoms with E-state index in [1.165, 1.54) is 0 Å². The lowest BCUT2D eigenvalue weighted by molar-refractivity contribution is -0.112. The molecule has 0 saturated heterocycles. The number of alkyl halides is 1. The summed E-state index contributed by atoms with van der Waals surface area (Å²) in [6.45, 7) is 0. The lowest BCUT2D eigenvalue weighted by atomic mass is 9.85. The minimum absolute atomic E-state index is 0.0789. The maximum absolute atomic E-state index is 13.1. The summed E-state index contributed by atoms with van der Waals surface area (Å²) in [7, 11) is 1.77. The quantitative estimate of drug-likeness (QED) is 0.465. The minimum Gasteiger partial charge on any atom is -0.454 e. The lowest BCUT2D eigenvalue weighted by Crippen LogP contribution is -2.29. The van der Waals surface area contributed by atoms with E-state index in [-0.39, 0.29) is 11.9 Å². The van der Waals surface area contributed by atoms with Crippen LogP contribution < -0.4 is 4.90 Å². The monoisotopic (exact) mass is 367 g/mol. The van der Waals surface area contributed by atoms with Crippen molar-refractivity contribution >= 4 is 40.3 Å². The molecular formula is C21H18ClNO3. The highest BCUT2D eigenvalue weighted by molar-refractivity contribution is 6.38. The first-order valence-corrected chi connectivity index (χ1v) is 9.15. The molecule has 1 unspecified atom stereocenters.